The van der Waals surface area contributed by atoms with E-state index in [9.17, 15) is 13.0 Å². The average Bonchev–Trinajstić information content (AvgIpc) is 4.00. The van der Waals surface area contributed by atoms with Crippen molar-refractivity contribution in [3.05, 3.63) is 225 Å². The standard InChI is InChI=1S/C44H32N4O3S/c49-52(50,51)44-38-26-25-36(47-38)41(30-17-9-3-10-18-30)34-22-21-33(45-34)40(29-15-7-2-8-16-29)35-23-24-37(46-35)42(31-19-11-4-12-20-31)43-32(27-39(44)48-43)28-13-5-1-6-14-28/h1-27,45-48H,(H,49,50,51). The summed E-state index contributed by atoms with van der Waals surface area (Å²) in [6.07, 6.45) is 0. The highest BCUT2D eigenvalue weighted by Crippen LogP contribution is 2.34. The van der Waals surface area contributed by atoms with Gasteiger partial charge in [0, 0.05) is 49.7 Å². The topological polar surface area (TPSA) is 118 Å². The molecule has 0 radical (unpaired) electrons. The van der Waals surface area contributed by atoms with E-state index in [0.29, 0.717) is 11.0 Å². The molecule has 0 amide bonds. The van der Waals surface area contributed by atoms with Gasteiger partial charge in [0.1, 0.15) is 4.91 Å². The van der Waals surface area contributed by atoms with Gasteiger partial charge in [0.2, 0.25) is 0 Å². The van der Waals surface area contributed by atoms with Gasteiger partial charge in [0.15, 0.2) is 0 Å². The molecule has 252 valence electrons. The van der Waals surface area contributed by atoms with E-state index in [1.165, 1.54) is 0 Å². The van der Waals surface area contributed by atoms with Crippen LogP contribution in [0.15, 0.2) is 164 Å². The fourth-order valence-corrected chi connectivity index (χ4v) is 8.04. The van der Waals surface area contributed by atoms with E-state index in [2.05, 4.69) is 50.3 Å². The number of H-pyrrole nitrogens is 4. The van der Waals surface area contributed by atoms with Gasteiger partial charge in [-0.1, -0.05) is 121 Å². The fourth-order valence-electron chi connectivity index (χ4n) is 7.25. The van der Waals surface area contributed by atoms with Crippen LogP contribution >= 0.6 is 0 Å². The van der Waals surface area contributed by atoms with Gasteiger partial charge in [-0.2, -0.15) is 8.42 Å². The van der Waals surface area contributed by atoms with Gasteiger partial charge in [-0.05, 0) is 64.7 Å². The number of nitrogens with one attached hydrogen (secondary N) is 4. The Bertz CT molecular complexity index is 2960. The molecule has 7 nitrogen and oxygen atoms in total. The molecule has 0 aliphatic carbocycles. The van der Waals surface area contributed by atoms with Crippen LogP contribution in [0.4, 0.5) is 0 Å². The third-order valence-electron chi connectivity index (χ3n) is 9.49. The summed E-state index contributed by atoms with van der Waals surface area (Å²) in [5.41, 5.74) is 9.90. The van der Waals surface area contributed by atoms with Gasteiger partial charge >= 0.3 is 0 Å². The van der Waals surface area contributed by atoms with Crippen LogP contribution in [0.1, 0.15) is 39.5 Å². The molecule has 8 aromatic rings. The second-order valence-corrected chi connectivity index (χ2v) is 14.1. The maximum atomic E-state index is 13.4. The van der Waals surface area contributed by atoms with Crippen LogP contribution in [0.5, 0.6) is 0 Å². The van der Waals surface area contributed by atoms with Crippen molar-refractivity contribution in [2.75, 3.05) is 0 Å². The minimum Gasteiger partial charge on any atom is -0.354 e. The molecule has 0 spiro atoms. The maximum Gasteiger partial charge on any atom is 0.298 e. The van der Waals surface area contributed by atoms with Crippen molar-refractivity contribution in [2.24, 2.45) is 0 Å². The SMILES string of the molecule is O=S(=O)(O)C1=c2ccc([nH]2)=C(c2ccccc2)c2ccc([nH]2)C(c2ccccc2)=c2ccc([nH]2)=C(c2ccccc2)c2[nH]c1cc2-c1ccccc1. The summed E-state index contributed by atoms with van der Waals surface area (Å²) in [5.74, 6) is 0. The maximum absolute atomic E-state index is 13.4. The Labute approximate surface area is 299 Å². The predicted molar refractivity (Wildman–Crippen MR) is 205 cm³/mol. The third kappa shape index (κ3) is 5.56. The van der Waals surface area contributed by atoms with Crippen LogP contribution in [-0.2, 0) is 10.1 Å². The van der Waals surface area contributed by atoms with E-state index in [-0.39, 0.29) is 15.9 Å². The number of benzene rings is 4. The molecule has 4 aromatic heterocycles. The molecule has 9 rings (SSSR count). The third-order valence-corrected chi connectivity index (χ3v) is 10.4. The molecular formula is C44H32N4O3S. The van der Waals surface area contributed by atoms with Crippen LogP contribution in [0.3, 0.4) is 0 Å². The van der Waals surface area contributed by atoms with E-state index in [4.69, 9.17) is 0 Å². The molecule has 1 aliphatic rings. The van der Waals surface area contributed by atoms with Crippen LogP contribution in [0.2, 0.25) is 0 Å². The fraction of sp³-hybridized carbons (Fsp3) is 0. The van der Waals surface area contributed by atoms with Gasteiger partial charge < -0.3 is 19.9 Å². The molecule has 0 saturated carbocycles. The van der Waals surface area contributed by atoms with Gasteiger partial charge in [0.05, 0.1) is 16.7 Å². The number of rotatable bonds is 5. The van der Waals surface area contributed by atoms with Crippen molar-refractivity contribution in [2.45, 2.75) is 0 Å². The summed E-state index contributed by atoms with van der Waals surface area (Å²) in [7, 11) is -4.75. The summed E-state index contributed by atoms with van der Waals surface area (Å²) < 4.78 is 37.7. The molecule has 1 aliphatic heterocycles. The monoisotopic (exact) mass is 696 g/mol. The molecule has 8 bridgehead atoms. The van der Waals surface area contributed by atoms with Crippen molar-refractivity contribution in [1.29, 1.82) is 0 Å². The lowest BCUT2D eigenvalue weighted by atomic mass is 9.96. The van der Waals surface area contributed by atoms with Crippen molar-refractivity contribution in [3.8, 4) is 11.1 Å². The molecule has 4 aromatic carbocycles. The zero-order valence-electron chi connectivity index (χ0n) is 27.8. The molecule has 52 heavy (non-hydrogen) atoms. The Hall–Kier alpha value is -6.61. The zero-order chi connectivity index (χ0) is 35.2. The van der Waals surface area contributed by atoms with E-state index < -0.39 is 10.1 Å². The molecule has 5 heterocycles. The second kappa shape index (κ2) is 12.6. The van der Waals surface area contributed by atoms with E-state index in [0.717, 1.165) is 66.6 Å². The molecule has 5 N–H and O–H groups in total. The number of fused-ring (bicyclic) bond motifs is 8. The molecule has 0 saturated heterocycles. The lowest BCUT2D eigenvalue weighted by molar-refractivity contribution is 0.496. The minimum absolute atomic E-state index is 0.247. The highest BCUT2D eigenvalue weighted by Gasteiger charge is 2.25. The average molecular weight is 697 g/mol. The van der Waals surface area contributed by atoms with Gasteiger partial charge in [-0.25, -0.2) is 0 Å². The van der Waals surface area contributed by atoms with E-state index >= 15 is 0 Å². The smallest absolute Gasteiger partial charge is 0.298 e. The first-order valence-electron chi connectivity index (χ1n) is 16.9. The normalized spacial score (nSPS) is 13.1. The summed E-state index contributed by atoms with van der Waals surface area (Å²) in [6, 6.07) is 53.7. The number of hydrogen-bond acceptors (Lipinski definition) is 2. The second-order valence-electron chi connectivity index (χ2n) is 12.7. The quantitative estimate of drug-likeness (QED) is 0.147. The largest absolute Gasteiger partial charge is 0.354 e. The molecule has 0 atom stereocenters. The van der Waals surface area contributed by atoms with Crippen LogP contribution in [-0.4, -0.2) is 32.9 Å². The van der Waals surface area contributed by atoms with Crippen molar-refractivity contribution in [3.63, 3.8) is 0 Å². The Kier molecular flexibility index (Phi) is 7.61. The molecule has 0 unspecified atom stereocenters. The Morgan fingerprint density at radius 2 is 0.788 bits per heavy atom. The summed E-state index contributed by atoms with van der Waals surface area (Å²) in [5, 5.41) is 2.65. The number of hydrogen-bond donors (Lipinski definition) is 5. The highest BCUT2D eigenvalue weighted by molar-refractivity contribution is 7.95. The summed E-state index contributed by atoms with van der Waals surface area (Å²) in [4.78, 5) is 14.0. The van der Waals surface area contributed by atoms with Crippen molar-refractivity contribution in [1.82, 2.24) is 19.9 Å². The van der Waals surface area contributed by atoms with Crippen LogP contribution in [0, 0.1) is 0 Å². The van der Waals surface area contributed by atoms with E-state index in [1.54, 1.807) is 12.1 Å². The van der Waals surface area contributed by atoms with Crippen molar-refractivity contribution < 1.29 is 13.0 Å². The van der Waals surface area contributed by atoms with Gasteiger partial charge in [-0.15, -0.1) is 0 Å². The predicted octanol–water partition coefficient (Wildman–Crippen LogP) is 5.77. The first-order valence-corrected chi connectivity index (χ1v) is 18.4. The summed E-state index contributed by atoms with van der Waals surface area (Å²) >= 11 is 0. The lowest BCUT2D eigenvalue weighted by Gasteiger charge is -2.10. The Morgan fingerprint density at radius 1 is 0.385 bits per heavy atom. The minimum atomic E-state index is -4.75. The van der Waals surface area contributed by atoms with E-state index in [1.807, 2.05) is 121 Å². The Morgan fingerprint density at radius 3 is 1.27 bits per heavy atom. The number of aromatic nitrogens is 4. The highest BCUT2D eigenvalue weighted by atomic mass is 32.2. The van der Waals surface area contributed by atoms with Crippen molar-refractivity contribution >= 4 is 31.7 Å². The summed E-state index contributed by atoms with van der Waals surface area (Å²) in [6.45, 7) is 0. The number of aromatic amines is 4. The molecule has 0 fully saturated rings. The Balaban J connectivity index is 1.50. The van der Waals surface area contributed by atoms with Gasteiger partial charge in [-0.3, -0.25) is 4.55 Å². The van der Waals surface area contributed by atoms with Crippen LogP contribution in [0.25, 0.3) is 32.8 Å². The van der Waals surface area contributed by atoms with Gasteiger partial charge in [0.25, 0.3) is 10.1 Å². The molecular weight excluding hydrogens is 665 g/mol. The van der Waals surface area contributed by atoms with Crippen LogP contribution < -0.4 is 21.4 Å². The first-order chi connectivity index (χ1) is 25.4. The molecule has 8 heteroatoms. The zero-order valence-corrected chi connectivity index (χ0v) is 28.6. The lowest BCUT2D eigenvalue weighted by Crippen LogP contribution is -2.21. The first kappa shape index (κ1) is 31.4.